The van der Waals surface area contributed by atoms with E-state index in [4.69, 9.17) is 42.1 Å². The molecule has 1 amide bonds. The summed E-state index contributed by atoms with van der Waals surface area (Å²) in [7, 11) is -2.58. The van der Waals surface area contributed by atoms with Gasteiger partial charge in [-0.25, -0.2) is 8.42 Å². The average Bonchev–Trinajstić information content (AvgIpc) is 3.36. The van der Waals surface area contributed by atoms with Crippen LogP contribution < -0.4 is 24.3 Å². The number of para-hydroxylation sites is 1. The highest BCUT2D eigenvalue weighted by Gasteiger charge is 2.29. The first-order valence-electron chi connectivity index (χ1n) is 11.6. The van der Waals surface area contributed by atoms with E-state index >= 15 is 0 Å². The number of carbonyl (C=O) groups excluding carboxylic acids is 1. The Balaban J connectivity index is 1.44. The number of benzene rings is 3. The lowest BCUT2D eigenvalue weighted by Crippen LogP contribution is -2.43. The predicted molar refractivity (Wildman–Crippen MR) is 143 cm³/mol. The van der Waals surface area contributed by atoms with Crippen LogP contribution in [0.4, 0.5) is 0 Å². The molecule has 1 heterocycles. The first-order chi connectivity index (χ1) is 18.3. The van der Waals surface area contributed by atoms with E-state index in [1.165, 1.54) is 18.2 Å². The lowest BCUT2D eigenvalue weighted by Gasteiger charge is -2.22. The van der Waals surface area contributed by atoms with E-state index in [1.54, 1.807) is 25.3 Å². The summed E-state index contributed by atoms with van der Waals surface area (Å²) in [6.45, 7) is -0.159. The highest BCUT2D eigenvalue weighted by atomic mass is 35.5. The quantitative estimate of drug-likeness (QED) is 0.343. The summed E-state index contributed by atoms with van der Waals surface area (Å²) in [5.41, 5.74) is 0.921. The van der Waals surface area contributed by atoms with Gasteiger partial charge in [0.15, 0.2) is 11.5 Å². The number of hydrogen-bond acceptors (Lipinski definition) is 7. The maximum absolute atomic E-state index is 13.5. The molecule has 0 saturated heterocycles. The van der Waals surface area contributed by atoms with Crippen LogP contribution in [0.3, 0.4) is 0 Å². The first kappa shape index (κ1) is 27.8. The molecule has 0 bridgehead atoms. The van der Waals surface area contributed by atoms with Crippen LogP contribution in [-0.4, -0.2) is 58.8 Å². The highest BCUT2D eigenvalue weighted by molar-refractivity contribution is 7.89. The van der Waals surface area contributed by atoms with Crippen molar-refractivity contribution in [1.29, 1.82) is 0 Å². The number of sulfonamides is 1. The molecule has 0 spiro atoms. The third-order valence-corrected chi connectivity index (χ3v) is 8.26. The van der Waals surface area contributed by atoms with Crippen molar-refractivity contribution in [3.05, 3.63) is 76.3 Å². The standard InChI is InChI=1S/C26H26Cl2N2O7S/c1-34-22-5-3-2-4-18(22)10-11-29-26(31)16-30(38(32,33)25-9-6-19(27)14-21(25)28)12-13-35-20-7-8-23-24(15-20)37-17-36-23/h2-9,14-15H,10-13,16-17H2,1H3,(H,29,31). The van der Waals surface area contributed by atoms with Gasteiger partial charge >= 0.3 is 0 Å². The molecule has 3 aromatic carbocycles. The van der Waals surface area contributed by atoms with Crippen molar-refractivity contribution in [1.82, 2.24) is 9.62 Å². The Kier molecular flexibility index (Phi) is 9.22. The van der Waals surface area contributed by atoms with Crippen LogP contribution in [0.25, 0.3) is 0 Å². The van der Waals surface area contributed by atoms with E-state index in [9.17, 15) is 13.2 Å². The van der Waals surface area contributed by atoms with Gasteiger partial charge in [0.25, 0.3) is 0 Å². The number of hydrogen-bond donors (Lipinski definition) is 1. The van der Waals surface area contributed by atoms with Crippen LogP contribution in [0, 0.1) is 0 Å². The van der Waals surface area contributed by atoms with Gasteiger partial charge in [0.1, 0.15) is 23.0 Å². The minimum absolute atomic E-state index is 0.0292. The molecule has 0 atom stereocenters. The van der Waals surface area contributed by atoms with E-state index in [1.807, 2.05) is 24.3 Å². The van der Waals surface area contributed by atoms with Gasteiger partial charge in [-0.15, -0.1) is 0 Å². The highest BCUT2D eigenvalue weighted by Crippen LogP contribution is 2.35. The maximum atomic E-state index is 13.5. The van der Waals surface area contributed by atoms with E-state index in [0.29, 0.717) is 41.0 Å². The Hall–Kier alpha value is -3.18. The van der Waals surface area contributed by atoms with Gasteiger partial charge in [-0.3, -0.25) is 4.79 Å². The minimum Gasteiger partial charge on any atom is -0.496 e. The van der Waals surface area contributed by atoms with Crippen LogP contribution in [-0.2, 0) is 21.2 Å². The molecule has 1 N–H and O–H groups in total. The van der Waals surface area contributed by atoms with Gasteiger partial charge in [-0.2, -0.15) is 4.31 Å². The Labute approximate surface area is 231 Å². The molecular weight excluding hydrogens is 555 g/mol. The third kappa shape index (κ3) is 6.82. The van der Waals surface area contributed by atoms with Gasteiger partial charge in [-0.1, -0.05) is 41.4 Å². The molecule has 0 radical (unpaired) electrons. The van der Waals surface area contributed by atoms with Crippen molar-refractivity contribution in [2.45, 2.75) is 11.3 Å². The molecule has 12 heteroatoms. The summed E-state index contributed by atoms with van der Waals surface area (Å²) in [5.74, 6) is 1.84. The van der Waals surface area contributed by atoms with E-state index in [2.05, 4.69) is 5.32 Å². The summed E-state index contributed by atoms with van der Waals surface area (Å²) in [5, 5.41) is 3.02. The fourth-order valence-corrected chi connectivity index (χ4v) is 5.93. The van der Waals surface area contributed by atoms with Crippen molar-refractivity contribution in [2.24, 2.45) is 0 Å². The van der Waals surface area contributed by atoms with Crippen molar-refractivity contribution in [2.75, 3.05) is 40.1 Å². The summed E-state index contributed by atoms with van der Waals surface area (Å²) in [4.78, 5) is 12.6. The largest absolute Gasteiger partial charge is 0.496 e. The zero-order valence-electron chi connectivity index (χ0n) is 20.5. The second kappa shape index (κ2) is 12.6. The lowest BCUT2D eigenvalue weighted by molar-refractivity contribution is -0.121. The van der Waals surface area contributed by atoms with E-state index < -0.39 is 22.5 Å². The second-order valence-electron chi connectivity index (χ2n) is 8.19. The van der Waals surface area contributed by atoms with Crippen LogP contribution in [0.15, 0.2) is 65.6 Å². The van der Waals surface area contributed by atoms with Gasteiger partial charge in [0.2, 0.25) is 22.7 Å². The minimum atomic E-state index is -4.16. The Bertz CT molecular complexity index is 1400. The molecule has 0 aliphatic carbocycles. The topological polar surface area (TPSA) is 103 Å². The molecule has 1 aliphatic rings. The molecule has 0 aromatic heterocycles. The number of halogens is 2. The first-order valence-corrected chi connectivity index (χ1v) is 13.8. The Morgan fingerprint density at radius 2 is 1.84 bits per heavy atom. The smallest absolute Gasteiger partial charge is 0.245 e. The Morgan fingerprint density at radius 1 is 1.05 bits per heavy atom. The maximum Gasteiger partial charge on any atom is 0.245 e. The normalized spacial score (nSPS) is 12.4. The molecular formula is C26H26Cl2N2O7S. The molecule has 38 heavy (non-hydrogen) atoms. The third-order valence-electron chi connectivity index (χ3n) is 5.69. The number of nitrogens with zero attached hydrogens (tertiary/aromatic N) is 1. The molecule has 9 nitrogen and oxygen atoms in total. The summed E-state index contributed by atoms with van der Waals surface area (Å²) >= 11 is 12.1. The molecule has 202 valence electrons. The fraction of sp³-hybridized carbons (Fsp3) is 0.269. The summed E-state index contributed by atoms with van der Waals surface area (Å²) < 4.78 is 49.7. The van der Waals surface area contributed by atoms with Crippen molar-refractivity contribution in [3.8, 4) is 23.0 Å². The van der Waals surface area contributed by atoms with Gasteiger partial charge in [-0.05, 0) is 48.4 Å². The number of carbonyl (C=O) groups is 1. The summed E-state index contributed by atoms with van der Waals surface area (Å²) in [6.07, 6.45) is 0.513. The van der Waals surface area contributed by atoms with Crippen molar-refractivity contribution >= 4 is 39.1 Å². The van der Waals surface area contributed by atoms with Crippen LogP contribution in [0.1, 0.15) is 5.56 Å². The lowest BCUT2D eigenvalue weighted by atomic mass is 10.1. The van der Waals surface area contributed by atoms with E-state index in [0.717, 1.165) is 9.87 Å². The molecule has 0 fully saturated rings. The number of rotatable bonds is 12. The number of fused-ring (bicyclic) bond motifs is 1. The van der Waals surface area contributed by atoms with Crippen LogP contribution in [0.5, 0.6) is 23.0 Å². The van der Waals surface area contributed by atoms with E-state index in [-0.39, 0.29) is 29.9 Å². The van der Waals surface area contributed by atoms with Gasteiger partial charge < -0.3 is 24.3 Å². The zero-order valence-corrected chi connectivity index (χ0v) is 22.8. The number of ether oxygens (including phenoxy) is 4. The number of amides is 1. The summed E-state index contributed by atoms with van der Waals surface area (Å²) in [6, 6.07) is 16.6. The zero-order chi connectivity index (χ0) is 27.1. The molecule has 1 aliphatic heterocycles. The van der Waals surface area contributed by atoms with Crippen molar-refractivity contribution < 1.29 is 32.2 Å². The van der Waals surface area contributed by atoms with Crippen molar-refractivity contribution in [3.63, 3.8) is 0 Å². The number of nitrogens with one attached hydrogen (secondary N) is 1. The predicted octanol–water partition coefficient (Wildman–Crippen LogP) is 4.16. The number of methoxy groups -OCH3 is 1. The Morgan fingerprint density at radius 3 is 2.63 bits per heavy atom. The monoisotopic (exact) mass is 580 g/mol. The van der Waals surface area contributed by atoms with Gasteiger partial charge in [0.05, 0.1) is 18.7 Å². The molecule has 0 unspecified atom stereocenters. The fourth-order valence-electron chi connectivity index (χ4n) is 3.80. The molecule has 3 aromatic rings. The molecule has 4 rings (SSSR count). The average molecular weight is 581 g/mol. The van der Waals surface area contributed by atoms with Crippen LogP contribution in [0.2, 0.25) is 10.0 Å². The van der Waals surface area contributed by atoms with Gasteiger partial charge in [0, 0.05) is 24.2 Å². The molecule has 0 saturated carbocycles. The second-order valence-corrected chi connectivity index (χ2v) is 10.9. The SMILES string of the molecule is COc1ccccc1CCNC(=O)CN(CCOc1ccc2c(c1)OCO2)S(=O)(=O)c1ccc(Cl)cc1Cl. The van der Waals surface area contributed by atoms with Crippen LogP contribution >= 0.6 is 23.2 Å².